The molecule has 0 unspecified atom stereocenters. The fraction of sp³-hybridized carbons (Fsp3) is 0. The topological polar surface area (TPSA) is 73.8 Å². The Labute approximate surface area is 159 Å². The number of hydrogen-bond donors (Lipinski definition) is 1. The molecule has 0 saturated carbocycles. The van der Waals surface area contributed by atoms with Gasteiger partial charge in [-0.15, -0.1) is 0 Å². The van der Waals surface area contributed by atoms with E-state index in [1.165, 1.54) is 22.2 Å². The second kappa shape index (κ2) is 6.07. The van der Waals surface area contributed by atoms with E-state index in [9.17, 15) is 4.79 Å². The molecule has 1 aromatic heterocycles. The molecule has 130 valence electrons. The van der Waals surface area contributed by atoms with Crippen molar-refractivity contribution in [1.29, 1.82) is 5.41 Å². The van der Waals surface area contributed by atoms with Gasteiger partial charge in [-0.1, -0.05) is 30.3 Å². The highest BCUT2D eigenvalue weighted by Crippen LogP contribution is 2.26. The quantitative estimate of drug-likeness (QED) is 0.694. The van der Waals surface area contributed by atoms with Crippen LogP contribution in [0.15, 0.2) is 76.5 Å². The molecule has 2 aliphatic rings. The van der Waals surface area contributed by atoms with Crippen LogP contribution < -0.4 is 0 Å². The zero-order chi connectivity index (χ0) is 18.4. The molecule has 0 radical (unpaired) electrons. The highest BCUT2D eigenvalue weighted by Gasteiger charge is 2.33. The zero-order valence-corrected chi connectivity index (χ0v) is 14.9. The van der Waals surface area contributed by atoms with Crippen LogP contribution in [0.2, 0.25) is 0 Å². The smallest absolute Gasteiger partial charge is 0.284 e. The minimum atomic E-state index is -0.336. The third-order valence-electron chi connectivity index (χ3n) is 4.47. The summed E-state index contributed by atoms with van der Waals surface area (Å²) in [5.74, 6) is -0.381. The molecule has 27 heavy (non-hydrogen) atoms. The molecule has 0 fully saturated rings. The van der Waals surface area contributed by atoms with Gasteiger partial charge in [0, 0.05) is 17.6 Å². The standard InChI is InChI=1S/C20H13N5OS/c21-18-17(19(26)25-20(23-18)27-12-22-25)11-15-6-3-9-24(15)16-8-7-13-4-1-2-5-14(13)10-16/h1-12,21H. The Morgan fingerprint density at radius 3 is 2.78 bits per heavy atom. The number of benzene rings is 2. The summed E-state index contributed by atoms with van der Waals surface area (Å²) in [5, 5.41) is 16.1. The number of amidine groups is 2. The van der Waals surface area contributed by atoms with Gasteiger partial charge >= 0.3 is 0 Å². The number of rotatable bonds is 2. The number of nitrogens with one attached hydrogen (secondary N) is 1. The van der Waals surface area contributed by atoms with Crippen LogP contribution in [0.1, 0.15) is 5.69 Å². The van der Waals surface area contributed by atoms with Crippen LogP contribution in [0.4, 0.5) is 0 Å². The summed E-state index contributed by atoms with van der Waals surface area (Å²) < 4.78 is 1.99. The molecule has 3 aromatic rings. The Kier molecular flexibility index (Phi) is 3.54. The Morgan fingerprint density at radius 2 is 1.89 bits per heavy atom. The van der Waals surface area contributed by atoms with Crippen molar-refractivity contribution in [2.24, 2.45) is 10.1 Å². The van der Waals surface area contributed by atoms with Gasteiger partial charge < -0.3 is 4.57 Å². The summed E-state index contributed by atoms with van der Waals surface area (Å²) in [4.78, 5) is 16.8. The van der Waals surface area contributed by atoms with Crippen LogP contribution in [0, 0.1) is 5.41 Å². The first kappa shape index (κ1) is 15.8. The van der Waals surface area contributed by atoms with Crippen LogP contribution in [0.3, 0.4) is 0 Å². The summed E-state index contributed by atoms with van der Waals surface area (Å²) in [7, 11) is 0. The monoisotopic (exact) mass is 371 g/mol. The lowest BCUT2D eigenvalue weighted by Gasteiger charge is -2.19. The van der Waals surface area contributed by atoms with Crippen molar-refractivity contribution in [2.45, 2.75) is 0 Å². The van der Waals surface area contributed by atoms with Gasteiger partial charge in [-0.25, -0.2) is 4.99 Å². The first-order valence-corrected chi connectivity index (χ1v) is 9.18. The van der Waals surface area contributed by atoms with Crippen molar-refractivity contribution in [3.05, 3.63) is 72.1 Å². The van der Waals surface area contributed by atoms with Crippen LogP contribution in [0.25, 0.3) is 22.5 Å². The number of fused-ring (bicyclic) bond motifs is 2. The average Bonchev–Trinajstić information content (AvgIpc) is 3.34. The molecule has 2 aliphatic heterocycles. The summed E-state index contributed by atoms with van der Waals surface area (Å²) in [6, 6.07) is 18.2. The van der Waals surface area contributed by atoms with Gasteiger partial charge in [0.2, 0.25) is 0 Å². The van der Waals surface area contributed by atoms with Gasteiger partial charge in [0.05, 0.1) is 11.1 Å². The number of carbonyl (C=O) groups excluding carboxylic acids is 1. The van der Waals surface area contributed by atoms with Crippen LogP contribution in [0.5, 0.6) is 0 Å². The molecule has 0 saturated heterocycles. The predicted octanol–water partition coefficient (Wildman–Crippen LogP) is 3.88. The third-order valence-corrected chi connectivity index (χ3v) is 5.15. The number of hydrazone groups is 1. The lowest BCUT2D eigenvalue weighted by molar-refractivity contribution is -0.122. The Bertz CT molecular complexity index is 1200. The fourth-order valence-electron chi connectivity index (χ4n) is 3.15. The number of aromatic nitrogens is 1. The van der Waals surface area contributed by atoms with E-state index in [1.807, 2.05) is 41.1 Å². The molecule has 3 heterocycles. The van der Waals surface area contributed by atoms with Crippen molar-refractivity contribution in [2.75, 3.05) is 0 Å². The molecule has 0 aliphatic carbocycles. The van der Waals surface area contributed by atoms with Gasteiger partial charge in [0.25, 0.3) is 5.91 Å². The molecular formula is C20H13N5OS. The average molecular weight is 371 g/mol. The Balaban J connectivity index is 1.59. The molecule has 0 atom stereocenters. The Hall–Kier alpha value is -3.45. The molecule has 0 bridgehead atoms. The number of amides is 1. The largest absolute Gasteiger partial charge is 0.317 e. The molecular weight excluding hydrogens is 358 g/mol. The van der Waals surface area contributed by atoms with Crippen molar-refractivity contribution in [3.8, 4) is 5.69 Å². The maximum atomic E-state index is 12.7. The summed E-state index contributed by atoms with van der Waals surface area (Å²) in [5.41, 5.74) is 3.55. The van der Waals surface area contributed by atoms with E-state index in [4.69, 9.17) is 5.41 Å². The maximum absolute atomic E-state index is 12.7. The van der Waals surface area contributed by atoms with Gasteiger partial charge in [-0.05, 0) is 52.9 Å². The molecule has 1 amide bonds. The van der Waals surface area contributed by atoms with Crippen LogP contribution >= 0.6 is 11.8 Å². The van der Waals surface area contributed by atoms with E-state index in [0.717, 1.165) is 16.8 Å². The van der Waals surface area contributed by atoms with Crippen LogP contribution in [-0.2, 0) is 4.79 Å². The van der Waals surface area contributed by atoms with E-state index in [1.54, 1.807) is 11.6 Å². The molecule has 0 spiro atoms. The molecule has 2 aromatic carbocycles. The summed E-state index contributed by atoms with van der Waals surface area (Å²) >= 11 is 1.24. The van der Waals surface area contributed by atoms with E-state index in [0.29, 0.717) is 5.17 Å². The van der Waals surface area contributed by atoms with E-state index < -0.39 is 0 Å². The van der Waals surface area contributed by atoms with E-state index >= 15 is 0 Å². The van der Waals surface area contributed by atoms with Crippen molar-refractivity contribution >= 4 is 51.1 Å². The number of hydrogen-bond acceptors (Lipinski definition) is 4. The van der Waals surface area contributed by atoms with E-state index in [2.05, 4.69) is 34.4 Å². The summed E-state index contributed by atoms with van der Waals surface area (Å²) in [6.07, 6.45) is 3.63. The van der Waals surface area contributed by atoms with Gasteiger partial charge in [0.15, 0.2) is 11.0 Å². The van der Waals surface area contributed by atoms with Gasteiger partial charge in [0.1, 0.15) is 0 Å². The molecule has 5 rings (SSSR count). The van der Waals surface area contributed by atoms with Gasteiger partial charge in [-0.3, -0.25) is 10.2 Å². The Morgan fingerprint density at radius 1 is 1.04 bits per heavy atom. The predicted molar refractivity (Wildman–Crippen MR) is 109 cm³/mol. The zero-order valence-electron chi connectivity index (χ0n) is 14.0. The first-order valence-electron chi connectivity index (χ1n) is 8.30. The lowest BCUT2D eigenvalue weighted by Crippen LogP contribution is -2.35. The maximum Gasteiger partial charge on any atom is 0.284 e. The highest BCUT2D eigenvalue weighted by atomic mass is 32.2. The number of nitrogens with zero attached hydrogens (tertiary/aromatic N) is 4. The van der Waals surface area contributed by atoms with E-state index in [-0.39, 0.29) is 17.3 Å². The van der Waals surface area contributed by atoms with Crippen molar-refractivity contribution in [3.63, 3.8) is 0 Å². The van der Waals surface area contributed by atoms with Crippen molar-refractivity contribution < 1.29 is 4.79 Å². The number of carbonyl (C=O) groups is 1. The normalized spacial score (nSPS) is 17.7. The SMILES string of the molecule is N=C1N=C2SC=NN2C(=O)C1=Cc1cccn1-c1ccc2ccccc2c1. The van der Waals surface area contributed by atoms with Gasteiger partial charge in [-0.2, -0.15) is 10.1 Å². The summed E-state index contributed by atoms with van der Waals surface area (Å²) in [6.45, 7) is 0. The third kappa shape index (κ3) is 2.60. The van der Waals surface area contributed by atoms with Crippen LogP contribution in [-0.4, -0.2) is 32.0 Å². The second-order valence-electron chi connectivity index (χ2n) is 6.09. The fourth-order valence-corrected chi connectivity index (χ4v) is 3.76. The first-order chi connectivity index (χ1) is 13.2. The molecule has 7 heteroatoms. The number of thioether (sulfide) groups is 1. The number of aliphatic imine (C=N–C) groups is 1. The lowest BCUT2D eigenvalue weighted by atomic mass is 10.1. The highest BCUT2D eigenvalue weighted by molar-refractivity contribution is 8.25. The second-order valence-corrected chi connectivity index (χ2v) is 6.90. The molecule has 6 nitrogen and oxygen atoms in total. The minimum absolute atomic E-state index is 0.0458. The minimum Gasteiger partial charge on any atom is -0.317 e. The molecule has 1 N–H and O–H groups in total. The van der Waals surface area contributed by atoms with Crippen molar-refractivity contribution in [1.82, 2.24) is 9.58 Å².